The highest BCUT2D eigenvalue weighted by atomic mass is 35.5. The summed E-state index contributed by atoms with van der Waals surface area (Å²) in [6.07, 6.45) is 0.342. The molecule has 3 nitrogen and oxygen atoms in total. The lowest BCUT2D eigenvalue weighted by Crippen LogP contribution is -2.34. The minimum Gasteiger partial charge on any atom is -0.465 e. The monoisotopic (exact) mass is 297 g/mol. The van der Waals surface area contributed by atoms with E-state index in [9.17, 15) is 4.79 Å². The quantitative estimate of drug-likeness (QED) is 0.870. The first-order valence-corrected chi connectivity index (χ1v) is 5.66. The molecule has 0 unspecified atom stereocenters. The highest BCUT2D eigenvalue weighted by molar-refractivity contribution is 6.35. The minimum absolute atomic E-state index is 0. The lowest BCUT2D eigenvalue weighted by molar-refractivity contribution is -0.144. The molecule has 6 heteroatoms. The van der Waals surface area contributed by atoms with E-state index in [4.69, 9.17) is 33.7 Å². The standard InChI is InChI=1S/C11H13Cl2NO2.ClH/c1-2-16-11(15)10(14)5-7-3-4-8(12)6-9(7)13;/h3-4,6,10H,2,5,14H2,1H3;1H/t10-;/m0./s1. The van der Waals surface area contributed by atoms with E-state index in [0.29, 0.717) is 23.1 Å². The van der Waals surface area contributed by atoms with Crippen LogP contribution in [0.25, 0.3) is 0 Å². The van der Waals surface area contributed by atoms with Crippen LogP contribution in [0, 0.1) is 0 Å². The number of hydrogen-bond acceptors (Lipinski definition) is 3. The number of esters is 1. The molecule has 0 radical (unpaired) electrons. The van der Waals surface area contributed by atoms with Crippen LogP contribution in [0.2, 0.25) is 10.0 Å². The van der Waals surface area contributed by atoms with Crippen LogP contribution < -0.4 is 5.73 Å². The first-order valence-electron chi connectivity index (χ1n) is 4.90. The van der Waals surface area contributed by atoms with Gasteiger partial charge in [0.1, 0.15) is 6.04 Å². The summed E-state index contributed by atoms with van der Waals surface area (Å²) in [5.41, 5.74) is 6.46. The van der Waals surface area contributed by atoms with Crippen molar-refractivity contribution in [2.24, 2.45) is 5.73 Å². The highest BCUT2D eigenvalue weighted by Gasteiger charge is 2.16. The van der Waals surface area contributed by atoms with E-state index in [2.05, 4.69) is 0 Å². The van der Waals surface area contributed by atoms with Gasteiger partial charge in [-0.25, -0.2) is 0 Å². The van der Waals surface area contributed by atoms with E-state index < -0.39 is 12.0 Å². The predicted octanol–water partition coefficient (Wildman–Crippen LogP) is 2.85. The van der Waals surface area contributed by atoms with E-state index in [1.54, 1.807) is 25.1 Å². The molecule has 0 aromatic heterocycles. The van der Waals surface area contributed by atoms with Crippen LogP contribution in [0.3, 0.4) is 0 Å². The molecular formula is C11H14Cl3NO2. The van der Waals surface area contributed by atoms with Crippen LogP contribution in [0.4, 0.5) is 0 Å². The Morgan fingerprint density at radius 2 is 2.12 bits per heavy atom. The molecular weight excluding hydrogens is 284 g/mol. The molecule has 0 aliphatic carbocycles. The van der Waals surface area contributed by atoms with Gasteiger partial charge in [0.2, 0.25) is 0 Å². The molecule has 0 fully saturated rings. The Morgan fingerprint density at radius 3 is 2.65 bits per heavy atom. The van der Waals surface area contributed by atoms with E-state index in [1.807, 2.05) is 0 Å². The Hall–Kier alpha value is -0.480. The molecule has 2 N–H and O–H groups in total. The lowest BCUT2D eigenvalue weighted by atomic mass is 10.1. The molecule has 0 aliphatic rings. The van der Waals surface area contributed by atoms with Crippen molar-refractivity contribution >= 4 is 41.6 Å². The third kappa shape index (κ3) is 5.13. The molecule has 96 valence electrons. The average molecular weight is 299 g/mol. The van der Waals surface area contributed by atoms with Crippen molar-refractivity contribution in [1.82, 2.24) is 0 Å². The molecule has 1 aromatic carbocycles. The van der Waals surface area contributed by atoms with Gasteiger partial charge in [-0.15, -0.1) is 12.4 Å². The van der Waals surface area contributed by atoms with Gasteiger partial charge in [-0.3, -0.25) is 4.79 Å². The summed E-state index contributed by atoms with van der Waals surface area (Å²) < 4.78 is 4.81. The fourth-order valence-electron chi connectivity index (χ4n) is 1.26. The van der Waals surface area contributed by atoms with Gasteiger partial charge < -0.3 is 10.5 Å². The Kier molecular flexibility index (Phi) is 7.55. The molecule has 0 bridgehead atoms. The van der Waals surface area contributed by atoms with Gasteiger partial charge in [0.05, 0.1) is 6.61 Å². The van der Waals surface area contributed by atoms with Crippen LogP contribution in [-0.4, -0.2) is 18.6 Å². The number of rotatable bonds is 4. The zero-order chi connectivity index (χ0) is 12.1. The molecule has 0 spiro atoms. The molecule has 1 rings (SSSR count). The normalized spacial score (nSPS) is 11.5. The smallest absolute Gasteiger partial charge is 0.323 e. The Bertz CT molecular complexity index is 385. The van der Waals surface area contributed by atoms with Gasteiger partial charge in [0.25, 0.3) is 0 Å². The molecule has 0 amide bonds. The van der Waals surface area contributed by atoms with Gasteiger partial charge >= 0.3 is 5.97 Å². The third-order valence-electron chi connectivity index (χ3n) is 2.04. The van der Waals surface area contributed by atoms with Gasteiger partial charge in [0, 0.05) is 10.0 Å². The predicted molar refractivity (Wildman–Crippen MR) is 72.0 cm³/mol. The summed E-state index contributed by atoms with van der Waals surface area (Å²) in [6, 6.07) is 4.39. The van der Waals surface area contributed by atoms with Crippen molar-refractivity contribution in [2.45, 2.75) is 19.4 Å². The summed E-state index contributed by atoms with van der Waals surface area (Å²) >= 11 is 11.7. The molecule has 1 atom stereocenters. The summed E-state index contributed by atoms with van der Waals surface area (Å²) in [4.78, 5) is 11.3. The van der Waals surface area contributed by atoms with Gasteiger partial charge in [-0.2, -0.15) is 0 Å². The first-order chi connectivity index (χ1) is 7.54. The number of benzene rings is 1. The second kappa shape index (κ2) is 7.77. The van der Waals surface area contributed by atoms with E-state index in [0.717, 1.165) is 5.56 Å². The molecule has 1 aromatic rings. The van der Waals surface area contributed by atoms with E-state index in [-0.39, 0.29) is 12.4 Å². The van der Waals surface area contributed by atoms with Crippen molar-refractivity contribution in [3.05, 3.63) is 33.8 Å². The van der Waals surface area contributed by atoms with Crippen molar-refractivity contribution in [3.63, 3.8) is 0 Å². The largest absolute Gasteiger partial charge is 0.465 e. The summed E-state index contributed by atoms with van der Waals surface area (Å²) in [5, 5.41) is 1.06. The highest BCUT2D eigenvalue weighted by Crippen LogP contribution is 2.21. The van der Waals surface area contributed by atoms with Crippen molar-refractivity contribution < 1.29 is 9.53 Å². The second-order valence-electron chi connectivity index (χ2n) is 3.30. The fraction of sp³-hybridized carbons (Fsp3) is 0.364. The zero-order valence-electron chi connectivity index (χ0n) is 9.28. The number of carbonyl (C=O) groups is 1. The van der Waals surface area contributed by atoms with Gasteiger partial charge in [-0.05, 0) is 31.0 Å². The van der Waals surface area contributed by atoms with Gasteiger partial charge in [0.15, 0.2) is 0 Å². The molecule has 17 heavy (non-hydrogen) atoms. The molecule has 0 aliphatic heterocycles. The summed E-state index contributed by atoms with van der Waals surface area (Å²) in [7, 11) is 0. The second-order valence-corrected chi connectivity index (χ2v) is 4.14. The number of nitrogens with two attached hydrogens (primary N) is 1. The maximum atomic E-state index is 11.3. The molecule has 0 saturated carbocycles. The van der Waals surface area contributed by atoms with Crippen molar-refractivity contribution in [3.8, 4) is 0 Å². The summed E-state index contributed by atoms with van der Waals surface area (Å²) in [5.74, 6) is -0.423. The topological polar surface area (TPSA) is 52.3 Å². The Labute approximate surface area is 117 Å². The SMILES string of the molecule is CCOC(=O)[C@@H](N)Cc1ccc(Cl)cc1Cl.Cl. The number of halogens is 3. The zero-order valence-corrected chi connectivity index (χ0v) is 11.6. The van der Waals surface area contributed by atoms with Crippen LogP contribution in [-0.2, 0) is 16.0 Å². The maximum absolute atomic E-state index is 11.3. The lowest BCUT2D eigenvalue weighted by Gasteiger charge is -2.11. The number of ether oxygens (including phenoxy) is 1. The Morgan fingerprint density at radius 1 is 1.47 bits per heavy atom. The van der Waals surface area contributed by atoms with Crippen LogP contribution in [0.15, 0.2) is 18.2 Å². The van der Waals surface area contributed by atoms with Crippen LogP contribution in [0.1, 0.15) is 12.5 Å². The van der Waals surface area contributed by atoms with Gasteiger partial charge in [-0.1, -0.05) is 29.3 Å². The number of hydrogen-bond donors (Lipinski definition) is 1. The minimum atomic E-state index is -0.696. The average Bonchev–Trinajstić information content (AvgIpc) is 2.22. The maximum Gasteiger partial charge on any atom is 0.323 e. The number of carbonyl (C=O) groups excluding carboxylic acids is 1. The first kappa shape index (κ1) is 16.5. The van der Waals surface area contributed by atoms with Crippen molar-refractivity contribution in [1.29, 1.82) is 0 Å². The summed E-state index contributed by atoms with van der Waals surface area (Å²) in [6.45, 7) is 2.06. The van der Waals surface area contributed by atoms with Crippen molar-refractivity contribution in [2.75, 3.05) is 6.61 Å². The Balaban J connectivity index is 0.00000256. The third-order valence-corrected chi connectivity index (χ3v) is 2.63. The van der Waals surface area contributed by atoms with Crippen LogP contribution >= 0.6 is 35.6 Å². The van der Waals surface area contributed by atoms with E-state index >= 15 is 0 Å². The molecule has 0 saturated heterocycles. The molecule has 0 heterocycles. The fourth-order valence-corrected chi connectivity index (χ4v) is 1.74. The van der Waals surface area contributed by atoms with E-state index in [1.165, 1.54) is 0 Å². The van der Waals surface area contributed by atoms with Crippen LogP contribution in [0.5, 0.6) is 0 Å².